The number of hydrogen-bond donors (Lipinski definition) is 19. The number of aryl methyl sites for hydroxylation is 2. The van der Waals surface area contributed by atoms with Gasteiger partial charge in [0.05, 0.1) is 83.7 Å². The van der Waals surface area contributed by atoms with E-state index in [0.717, 1.165) is 26.9 Å². The number of nitrogens with two attached hydrogens (primary N) is 3. The Morgan fingerprint density at radius 2 is 1.12 bits per heavy atom. The fraction of sp³-hybridized carbons (Fsp3) is 0.524. The number of carboxylic acid groups (broad SMARTS) is 2. The lowest BCUT2D eigenvalue weighted by atomic mass is 10.00. The summed E-state index contributed by atoms with van der Waals surface area (Å²) in [5, 5.41) is 59.8. The number of carbonyl (C=O) groups excluding carboxylic acids is 12. The number of aromatic amines is 2. The summed E-state index contributed by atoms with van der Waals surface area (Å²) in [6, 6.07) is 20.7. The van der Waals surface area contributed by atoms with Crippen LogP contribution in [0.1, 0.15) is 170 Å². The topological polar surface area (TPSA) is 637 Å². The number of imidazole rings is 1. The molecule has 2 aliphatic heterocycles. The Bertz CT molecular complexity index is 5470. The number of anilines is 1. The number of aromatic carboxylic acids is 2. The third-order valence-corrected chi connectivity index (χ3v) is 25.8. The van der Waals surface area contributed by atoms with Crippen LogP contribution in [0.15, 0.2) is 128 Å². The number of para-hydroxylation sites is 1. The van der Waals surface area contributed by atoms with E-state index >= 15 is 14.4 Å². The maximum absolute atomic E-state index is 15.5. The normalized spacial score (nSPS) is 15.5. The highest BCUT2D eigenvalue weighted by Gasteiger charge is 2.40. The Balaban J connectivity index is 0.801. The Hall–Kier alpha value is -13.9. The fourth-order valence-electron chi connectivity index (χ4n) is 17.3. The number of fused-ring (bicyclic) bond motifs is 1. The van der Waals surface area contributed by atoms with Gasteiger partial charge >= 0.3 is 11.9 Å². The van der Waals surface area contributed by atoms with Crippen molar-refractivity contribution in [3.05, 3.63) is 179 Å². The standard InChI is InChI=1S/C103H147N25O20S/c1-5-6-24-79(94(135)120-81(37-47-129)95(136)121-83(60-75-62-108-67-113-75)96(137)122-84(56-70-19-8-7-9-20-70)98(139)125(4)88(29-18-40-109-102(106)107)97(138)123-85(57-71-61-111-78-25-11-10-23-77(71)78)99(140)124(3)87(92(105)133)28-12-14-38-104)119-91(132)66-126-41-35-72(36-42-126)116-93(134)80(118-90(131)63-112-89(130)30-16-21-69-33-31-68(2)32-34-69)26-13-15-39-110-103(149)117-74-58-76(115-86(59-74)101(143)144)65-128-45-50-147-54-52-145-48-43-127(44-49-146-53-55-148-51-46-128)64-73-22-17-27-82(114-73)100(141)142/h7-11,17,19-20,22-23,25,27,31-34,47,58-59,61-62,67,72,79-81,83-85,87-88,111H,5-6,12-16,18,21,24,26,28-30,35-46,48-57,60,63-66,104H2,1-4H3,(H2,105,133)(H,108,113)(H,112,130)(H,116,134)(H,118,131)(H,119,132)(H,120,135)(H,121,136)(H,122,137)(H,123,138)(H,141,142)(H,143,144)(H4,106,107,109)(H2,110,115,117,149)/t79-,80?,81-,83-,84+,85-,87-,88-/m0/s1. The second-order valence-corrected chi connectivity index (χ2v) is 37.5. The number of nitrogens with one attached hydrogen (secondary N) is 14. The highest BCUT2D eigenvalue weighted by Crippen LogP contribution is 2.24. The number of primary amides is 1. The van der Waals surface area contributed by atoms with Gasteiger partial charge in [-0.15, -0.1) is 0 Å². The minimum Gasteiger partial charge on any atom is -0.477 e. The molecule has 9 rings (SSSR count). The third-order valence-electron chi connectivity index (χ3n) is 25.5. The molecule has 3 aromatic carbocycles. The van der Waals surface area contributed by atoms with Gasteiger partial charge in [0.2, 0.25) is 65.0 Å². The van der Waals surface area contributed by atoms with Gasteiger partial charge in [-0.25, -0.2) is 24.5 Å². The largest absolute Gasteiger partial charge is 0.477 e. The summed E-state index contributed by atoms with van der Waals surface area (Å²) >= 11 is 5.71. The second-order valence-electron chi connectivity index (χ2n) is 37.1. The lowest BCUT2D eigenvalue weighted by Gasteiger charge is -2.34. The lowest BCUT2D eigenvalue weighted by Crippen LogP contribution is -2.61. The number of pyridine rings is 2. The average molecular weight is 2090 g/mol. The molecule has 46 heteroatoms. The van der Waals surface area contributed by atoms with E-state index in [-0.39, 0.29) is 106 Å². The van der Waals surface area contributed by atoms with E-state index in [1.807, 2.05) is 72.2 Å². The molecule has 6 heterocycles. The Morgan fingerprint density at radius 3 is 1.76 bits per heavy atom. The number of likely N-dealkylation sites (N-methyl/N-ethyl adjacent to an activating group) is 2. The van der Waals surface area contributed by atoms with Gasteiger partial charge in [0.1, 0.15) is 60.3 Å². The molecule has 7 aromatic rings. The van der Waals surface area contributed by atoms with Crippen molar-refractivity contribution < 1.29 is 96.3 Å². The number of aldehydes is 1. The molecular formula is C103H147N25O20S. The first kappa shape index (κ1) is 119. The Labute approximate surface area is 872 Å². The lowest BCUT2D eigenvalue weighted by molar-refractivity contribution is -0.145. The number of unbranched alkanes of at least 4 members (excludes halogenated alkanes) is 3. The molecule has 2 saturated heterocycles. The first-order valence-electron chi connectivity index (χ1n) is 50.8. The molecule has 2 fully saturated rings. The summed E-state index contributed by atoms with van der Waals surface area (Å²) in [4.78, 5) is 222. The van der Waals surface area contributed by atoms with Crippen LogP contribution < -0.4 is 75.7 Å². The zero-order valence-corrected chi connectivity index (χ0v) is 86.2. The quantitative estimate of drug-likeness (QED) is 0.00851. The number of rotatable bonds is 56. The molecule has 2 aliphatic rings. The molecule has 0 bridgehead atoms. The van der Waals surface area contributed by atoms with Crippen LogP contribution in [0.5, 0.6) is 0 Å². The molecule has 4 aromatic heterocycles. The number of thiocarbonyl (C=S) groups is 1. The first-order chi connectivity index (χ1) is 71.8. The predicted octanol–water partition coefficient (Wildman–Crippen LogP) is 1.89. The number of guanidine groups is 1. The number of carboxylic acids is 2. The fourth-order valence-corrected chi connectivity index (χ4v) is 17.5. The number of ether oxygens (including phenoxy) is 4. The zero-order chi connectivity index (χ0) is 107. The van der Waals surface area contributed by atoms with E-state index < -0.39 is 138 Å². The number of nitrogens with zero attached hydrogens (tertiary/aromatic N) is 8. The Morgan fingerprint density at radius 1 is 0.544 bits per heavy atom. The average Bonchev–Trinajstić information content (AvgIpc) is 1.72. The molecule has 11 amide bonds. The molecule has 8 atom stereocenters. The van der Waals surface area contributed by atoms with Gasteiger partial charge in [0.25, 0.3) is 0 Å². The molecule has 810 valence electrons. The summed E-state index contributed by atoms with van der Waals surface area (Å²) in [6.07, 6.45) is 9.21. The number of amides is 11. The van der Waals surface area contributed by atoms with Crippen molar-refractivity contribution in [2.75, 3.05) is 144 Å². The molecule has 22 N–H and O–H groups in total. The minimum atomic E-state index is -1.62. The van der Waals surface area contributed by atoms with Gasteiger partial charge in [-0.05, 0) is 156 Å². The van der Waals surface area contributed by atoms with E-state index in [0.29, 0.717) is 216 Å². The van der Waals surface area contributed by atoms with Crippen LogP contribution in [-0.2, 0) is 115 Å². The molecule has 1 unspecified atom stereocenters. The highest BCUT2D eigenvalue weighted by molar-refractivity contribution is 7.80. The molecule has 0 saturated carbocycles. The van der Waals surface area contributed by atoms with Gasteiger partial charge in [0.15, 0.2) is 16.8 Å². The predicted molar refractivity (Wildman–Crippen MR) is 560 cm³/mol. The van der Waals surface area contributed by atoms with Crippen molar-refractivity contribution in [1.82, 2.24) is 103 Å². The molecule has 0 radical (unpaired) electrons. The smallest absolute Gasteiger partial charge is 0.354 e. The van der Waals surface area contributed by atoms with Crippen molar-refractivity contribution in [2.45, 2.75) is 210 Å². The van der Waals surface area contributed by atoms with Crippen LogP contribution >= 0.6 is 12.2 Å². The maximum Gasteiger partial charge on any atom is 0.354 e. The van der Waals surface area contributed by atoms with E-state index in [9.17, 15) is 63.0 Å². The SMILES string of the molecule is CCCC[C@H](NC(=O)CN1CCC(NC(=O)C(CCCCNC(=S)Nc2cc(CN3CCOCCOCCN(Cc4cccc(C(=O)O)n4)CCOCCOCC3)nc(C(=O)O)c2)NC(=O)CNC(=O)CCCc2ccc(C)cc2)CC1)C(=O)N[C@@H](CC=O)C(=O)N[C@@H](Cc1cnc[nH]1)C(=O)N[C@H](Cc1ccccc1)C(=O)N(C)[C@@H](CCCNC(=N)N)C(=O)N[C@@H](Cc1c[nH]c2ccccc12)C(=O)N(C)[C@@H](CCCCN)C(N)=O. The van der Waals surface area contributed by atoms with Crippen LogP contribution in [0.2, 0.25) is 0 Å². The minimum absolute atomic E-state index is 0.0374. The zero-order valence-electron chi connectivity index (χ0n) is 85.4. The summed E-state index contributed by atoms with van der Waals surface area (Å²) < 4.78 is 23.7. The van der Waals surface area contributed by atoms with Crippen LogP contribution in [-0.4, -0.2) is 347 Å². The molecule has 45 nitrogen and oxygen atoms in total. The van der Waals surface area contributed by atoms with E-state index in [1.165, 1.54) is 43.7 Å². The van der Waals surface area contributed by atoms with Gasteiger partial charge in [0, 0.05) is 152 Å². The summed E-state index contributed by atoms with van der Waals surface area (Å²) in [5.41, 5.74) is 23.0. The third kappa shape index (κ3) is 42.4. The number of likely N-dealkylation sites (tertiary alicyclic amines) is 1. The van der Waals surface area contributed by atoms with Gasteiger partial charge in [-0.3, -0.25) is 72.8 Å². The molecular weight excluding hydrogens is 1940 g/mol. The maximum atomic E-state index is 15.5. The van der Waals surface area contributed by atoms with Crippen molar-refractivity contribution in [3.63, 3.8) is 0 Å². The van der Waals surface area contributed by atoms with E-state index in [2.05, 4.69) is 88.3 Å². The van der Waals surface area contributed by atoms with E-state index in [1.54, 1.807) is 54.7 Å². The second kappa shape index (κ2) is 64.4. The van der Waals surface area contributed by atoms with Crippen molar-refractivity contribution in [2.24, 2.45) is 17.2 Å². The molecule has 0 aliphatic carbocycles. The first-order valence-corrected chi connectivity index (χ1v) is 51.2. The van der Waals surface area contributed by atoms with Gasteiger partial charge in [-0.1, -0.05) is 104 Å². The molecule has 149 heavy (non-hydrogen) atoms. The highest BCUT2D eigenvalue weighted by atomic mass is 32.1. The monoisotopic (exact) mass is 2090 g/mol. The summed E-state index contributed by atoms with van der Waals surface area (Å²) in [6.45, 7) is 9.79. The van der Waals surface area contributed by atoms with Crippen molar-refractivity contribution in [3.8, 4) is 0 Å². The van der Waals surface area contributed by atoms with Gasteiger partial charge < -0.3 is 129 Å². The van der Waals surface area contributed by atoms with Crippen LogP contribution in [0, 0.1) is 12.3 Å². The number of carbonyl (C=O) groups is 14. The number of benzene rings is 3. The van der Waals surface area contributed by atoms with Crippen LogP contribution in [0.25, 0.3) is 10.9 Å². The van der Waals surface area contributed by atoms with Crippen molar-refractivity contribution in [1.29, 1.82) is 5.41 Å². The van der Waals surface area contributed by atoms with Gasteiger partial charge in [-0.2, -0.15) is 0 Å². The number of aromatic nitrogens is 5. The van der Waals surface area contributed by atoms with Crippen molar-refractivity contribution >= 4 is 123 Å². The molecule has 0 spiro atoms. The van der Waals surface area contributed by atoms with Crippen LogP contribution in [0.3, 0.4) is 0 Å². The number of hydrogen-bond acceptors (Lipinski definition) is 27. The Kier molecular flexibility index (Phi) is 51.3. The van der Waals surface area contributed by atoms with E-state index in [4.69, 9.17) is 53.8 Å². The summed E-state index contributed by atoms with van der Waals surface area (Å²) in [5.74, 6) is -10.4. The number of piperidine rings is 1. The number of H-pyrrole nitrogens is 2. The van der Waals surface area contributed by atoms with Crippen LogP contribution in [0.4, 0.5) is 5.69 Å². The summed E-state index contributed by atoms with van der Waals surface area (Å²) in [7, 11) is 2.78.